The lowest BCUT2D eigenvalue weighted by Gasteiger charge is -2.57. The van der Waals surface area contributed by atoms with Crippen LogP contribution in [0.1, 0.15) is 65.2 Å². The summed E-state index contributed by atoms with van der Waals surface area (Å²) in [7, 11) is 0. The second-order valence-corrected chi connectivity index (χ2v) is 10.8. The minimum absolute atomic E-state index is 0.115. The smallest absolute Gasteiger partial charge is 0.153 e. The Morgan fingerprint density at radius 1 is 1.23 bits per heavy atom. The monoisotopic (exact) mass is 392 g/mol. The first kappa shape index (κ1) is 18.9. The molecule has 0 heterocycles. The number of hydrogen-bond acceptors (Lipinski definition) is 4. The summed E-state index contributed by atoms with van der Waals surface area (Å²) >= 11 is 6.82. The molecule has 1 unspecified atom stereocenters. The second-order valence-electron chi connectivity index (χ2n) is 9.31. The van der Waals surface area contributed by atoms with Crippen LogP contribution in [0.5, 0.6) is 0 Å². The van der Waals surface area contributed by atoms with Gasteiger partial charge in [0.2, 0.25) is 0 Å². The highest BCUT2D eigenvalue weighted by Crippen LogP contribution is 2.64. The highest BCUT2D eigenvalue weighted by molar-refractivity contribution is 8.22. The van der Waals surface area contributed by atoms with Crippen LogP contribution >= 0.6 is 24.0 Å². The number of fused-ring (bicyclic) bond motifs is 5. The second kappa shape index (κ2) is 6.89. The van der Waals surface area contributed by atoms with Gasteiger partial charge in [-0.05, 0) is 80.8 Å². The van der Waals surface area contributed by atoms with Gasteiger partial charge in [-0.1, -0.05) is 49.5 Å². The van der Waals surface area contributed by atoms with Gasteiger partial charge in [0.15, 0.2) is 4.32 Å². The number of nitrogens with zero attached hydrogens (tertiary/aromatic N) is 1. The quantitative estimate of drug-likeness (QED) is 0.378. The van der Waals surface area contributed by atoms with Crippen LogP contribution < -0.4 is 5.43 Å². The molecular formula is C21H32N2OS2. The van der Waals surface area contributed by atoms with Crippen LogP contribution in [0.2, 0.25) is 0 Å². The summed E-state index contributed by atoms with van der Waals surface area (Å²) in [4.78, 5) is 0. The van der Waals surface area contributed by atoms with Crippen molar-refractivity contribution in [2.75, 3.05) is 6.26 Å². The fraction of sp³-hybridized carbons (Fsp3) is 0.810. The van der Waals surface area contributed by atoms with E-state index < -0.39 is 0 Å². The molecular weight excluding hydrogens is 360 g/mol. The van der Waals surface area contributed by atoms with Crippen LogP contribution in [-0.2, 0) is 0 Å². The molecule has 144 valence electrons. The Hall–Kier alpha value is -0.390. The van der Waals surface area contributed by atoms with Gasteiger partial charge in [-0.25, -0.2) is 0 Å². The van der Waals surface area contributed by atoms with E-state index in [0.717, 1.165) is 47.8 Å². The lowest BCUT2D eigenvalue weighted by Crippen LogP contribution is -2.50. The molecule has 5 heteroatoms. The number of rotatable bonds is 1. The van der Waals surface area contributed by atoms with E-state index in [0.29, 0.717) is 5.41 Å². The largest absolute Gasteiger partial charge is 0.393 e. The van der Waals surface area contributed by atoms with Gasteiger partial charge in [0.25, 0.3) is 0 Å². The summed E-state index contributed by atoms with van der Waals surface area (Å²) in [6.45, 7) is 4.95. The molecule has 0 amide bonds. The van der Waals surface area contributed by atoms with Gasteiger partial charge >= 0.3 is 0 Å². The van der Waals surface area contributed by atoms with Gasteiger partial charge in [0.05, 0.1) is 6.10 Å². The molecule has 0 aromatic carbocycles. The van der Waals surface area contributed by atoms with Gasteiger partial charge < -0.3 is 5.11 Å². The number of hydrazone groups is 1. The van der Waals surface area contributed by atoms with Crippen LogP contribution in [0.15, 0.2) is 16.8 Å². The minimum Gasteiger partial charge on any atom is -0.393 e. The van der Waals surface area contributed by atoms with E-state index in [4.69, 9.17) is 17.3 Å². The number of thiocarbonyl (C=S) groups is 1. The first-order valence-corrected chi connectivity index (χ1v) is 11.8. The fourth-order valence-corrected chi connectivity index (χ4v) is 6.96. The van der Waals surface area contributed by atoms with Gasteiger partial charge in [-0.3, -0.25) is 5.43 Å². The molecule has 2 N–H and O–H groups in total. The van der Waals surface area contributed by atoms with Crippen molar-refractivity contribution in [2.24, 2.45) is 33.7 Å². The van der Waals surface area contributed by atoms with E-state index in [1.165, 1.54) is 31.4 Å². The third-order valence-corrected chi connectivity index (χ3v) is 9.34. The van der Waals surface area contributed by atoms with Crippen molar-refractivity contribution in [1.29, 1.82) is 0 Å². The minimum atomic E-state index is -0.115. The summed E-state index contributed by atoms with van der Waals surface area (Å²) in [6.07, 6.45) is 13.6. The predicted molar refractivity (Wildman–Crippen MR) is 114 cm³/mol. The zero-order chi connectivity index (χ0) is 18.5. The van der Waals surface area contributed by atoms with E-state index in [-0.39, 0.29) is 11.5 Å². The first-order chi connectivity index (χ1) is 12.4. The van der Waals surface area contributed by atoms with Crippen molar-refractivity contribution < 1.29 is 5.11 Å². The highest BCUT2D eigenvalue weighted by Gasteiger charge is 2.57. The number of aliphatic hydroxyl groups excluding tert-OH is 1. The van der Waals surface area contributed by atoms with Gasteiger partial charge in [-0.2, -0.15) is 5.10 Å². The van der Waals surface area contributed by atoms with E-state index in [1.807, 2.05) is 6.26 Å². The average molecular weight is 393 g/mol. The predicted octanol–water partition coefficient (Wildman–Crippen LogP) is 4.90. The maximum absolute atomic E-state index is 10.1. The SMILES string of the molecule is CSC(=S)N/N=C1\CC[C@H]2[C@@H]3CC=C4CC(O)CC[C@]4(C)[C@H]3CC[C@]12C. The number of allylic oxidation sites excluding steroid dienone is 1. The molecule has 26 heavy (non-hydrogen) atoms. The van der Waals surface area contributed by atoms with Crippen LogP contribution in [0, 0.1) is 28.6 Å². The molecule has 0 aromatic heterocycles. The lowest BCUT2D eigenvalue weighted by molar-refractivity contribution is -0.0209. The maximum atomic E-state index is 10.1. The van der Waals surface area contributed by atoms with E-state index in [9.17, 15) is 5.11 Å². The number of hydrogen-bond donors (Lipinski definition) is 2. The van der Waals surface area contributed by atoms with Crippen LogP contribution in [-0.4, -0.2) is 27.5 Å². The molecule has 4 aliphatic carbocycles. The van der Waals surface area contributed by atoms with Crippen molar-refractivity contribution in [3.05, 3.63) is 11.6 Å². The summed E-state index contributed by atoms with van der Waals surface area (Å²) in [5.41, 5.74) is 6.56. The van der Waals surface area contributed by atoms with Crippen LogP contribution in [0.4, 0.5) is 0 Å². The molecule has 3 nitrogen and oxygen atoms in total. The van der Waals surface area contributed by atoms with Gasteiger partial charge in [0.1, 0.15) is 0 Å². The summed E-state index contributed by atoms with van der Waals surface area (Å²) < 4.78 is 0.761. The van der Waals surface area contributed by atoms with E-state index in [2.05, 4.69) is 25.3 Å². The van der Waals surface area contributed by atoms with Crippen molar-refractivity contribution in [3.8, 4) is 0 Å². The van der Waals surface area contributed by atoms with Gasteiger partial charge in [0, 0.05) is 11.1 Å². The summed E-state index contributed by atoms with van der Waals surface area (Å²) in [5.74, 6) is 2.30. The Bertz CT molecular complexity index is 660. The van der Waals surface area contributed by atoms with Gasteiger partial charge in [-0.15, -0.1) is 0 Å². The lowest BCUT2D eigenvalue weighted by atomic mass is 9.48. The fourth-order valence-electron chi connectivity index (χ4n) is 6.77. The Morgan fingerprint density at radius 3 is 2.73 bits per heavy atom. The highest BCUT2D eigenvalue weighted by atomic mass is 32.2. The molecule has 3 fully saturated rings. The molecule has 0 aromatic rings. The van der Waals surface area contributed by atoms with Crippen LogP contribution in [0.25, 0.3) is 0 Å². The molecule has 0 radical (unpaired) electrons. The Morgan fingerprint density at radius 2 is 1.96 bits per heavy atom. The van der Waals surface area contributed by atoms with Crippen molar-refractivity contribution in [2.45, 2.75) is 71.3 Å². The van der Waals surface area contributed by atoms with Crippen LogP contribution in [0.3, 0.4) is 0 Å². The number of thioether (sulfide) groups is 1. The number of nitrogens with one attached hydrogen (secondary N) is 1. The van der Waals surface area contributed by atoms with E-state index >= 15 is 0 Å². The standard InChI is InChI=1S/C21H32N2OS2/c1-20-10-8-14(24)12-13(20)4-5-15-16-6-7-18(22-23-19(25)26-3)21(16,2)11-9-17(15)20/h4,14-17,24H,5-12H2,1-3H3,(H,23,25)/b22-18+/t14?,15-,16-,17-,20-,21-/m0/s1. The Labute approximate surface area is 167 Å². The number of aliphatic hydroxyl groups is 1. The normalized spacial score (nSPS) is 46.2. The van der Waals surface area contributed by atoms with Crippen molar-refractivity contribution >= 4 is 34.0 Å². The molecule has 3 saturated carbocycles. The average Bonchev–Trinajstić information content (AvgIpc) is 2.96. The van der Waals surface area contributed by atoms with E-state index in [1.54, 1.807) is 17.3 Å². The Kier molecular flexibility index (Phi) is 5.02. The maximum Gasteiger partial charge on any atom is 0.153 e. The topological polar surface area (TPSA) is 44.6 Å². The first-order valence-electron chi connectivity index (χ1n) is 10.2. The Balaban J connectivity index is 1.59. The molecule has 0 spiro atoms. The molecule has 4 aliphatic rings. The third-order valence-electron chi connectivity index (χ3n) is 8.29. The summed E-state index contributed by atoms with van der Waals surface area (Å²) in [6, 6.07) is 0. The zero-order valence-electron chi connectivity index (χ0n) is 16.3. The third kappa shape index (κ3) is 2.89. The summed E-state index contributed by atoms with van der Waals surface area (Å²) in [5, 5.41) is 14.9. The molecule has 0 bridgehead atoms. The molecule has 6 atom stereocenters. The zero-order valence-corrected chi connectivity index (χ0v) is 17.9. The molecule has 4 rings (SSSR count). The molecule has 0 aliphatic heterocycles. The van der Waals surface area contributed by atoms with Crippen molar-refractivity contribution in [3.63, 3.8) is 0 Å². The van der Waals surface area contributed by atoms with Crippen molar-refractivity contribution in [1.82, 2.24) is 5.43 Å². The molecule has 0 saturated heterocycles.